The van der Waals surface area contributed by atoms with Crippen LogP contribution in [0.25, 0.3) is 0 Å². The number of ether oxygens (including phenoxy) is 1. The van der Waals surface area contributed by atoms with Gasteiger partial charge in [0.25, 0.3) is 0 Å². The molecule has 0 aromatic heterocycles. The first kappa shape index (κ1) is 15.7. The molecule has 1 aliphatic carbocycles. The van der Waals surface area contributed by atoms with Crippen LogP contribution in [0.15, 0.2) is 0 Å². The molecule has 0 bridgehead atoms. The molecule has 0 unspecified atom stereocenters. The number of carbonyl (C=O) groups is 2. The summed E-state index contributed by atoms with van der Waals surface area (Å²) in [5, 5.41) is 15.0. The number of rotatable bonds is 3. The van der Waals surface area contributed by atoms with Gasteiger partial charge < -0.3 is 14.9 Å². The van der Waals surface area contributed by atoms with Crippen molar-refractivity contribution in [3.05, 3.63) is 0 Å². The molecule has 1 rings (SSSR count). The van der Waals surface area contributed by atoms with Gasteiger partial charge in [0.1, 0.15) is 0 Å². The van der Waals surface area contributed by atoms with Gasteiger partial charge in [-0.1, -0.05) is 58.3 Å². The Morgan fingerprint density at radius 2 is 1.65 bits per heavy atom. The molecule has 0 spiro atoms. The average molecular weight is 246 g/mol. The first-order valence-electron chi connectivity index (χ1n) is 6.20. The molecule has 0 radical (unpaired) electrons. The molecule has 1 fully saturated rings. The molecule has 0 aromatic rings. The highest BCUT2D eigenvalue weighted by Crippen LogP contribution is 2.27. The first-order valence-corrected chi connectivity index (χ1v) is 6.20. The van der Waals surface area contributed by atoms with Crippen LogP contribution in [0.1, 0.15) is 58.3 Å². The highest BCUT2D eigenvalue weighted by atomic mass is 16.7. The largest absolute Gasteiger partial charge is 0.516 e. The number of hydrogen-bond acceptors (Lipinski definition) is 3. The van der Waals surface area contributed by atoms with E-state index in [0.29, 0.717) is 0 Å². The van der Waals surface area contributed by atoms with E-state index in [2.05, 4.69) is 11.7 Å². The molecule has 0 aliphatic heterocycles. The minimum atomic E-state index is -1.81. The lowest BCUT2D eigenvalue weighted by molar-refractivity contribution is 0.0802. The van der Waals surface area contributed by atoms with E-state index >= 15 is 0 Å². The van der Waals surface area contributed by atoms with Gasteiger partial charge in [0.2, 0.25) is 0 Å². The first-order chi connectivity index (χ1) is 8.06. The summed E-state index contributed by atoms with van der Waals surface area (Å²) in [6.07, 6.45) is 8.31. The third-order valence-corrected chi connectivity index (χ3v) is 2.87. The quantitative estimate of drug-likeness (QED) is 0.578. The van der Waals surface area contributed by atoms with Crippen molar-refractivity contribution in [1.82, 2.24) is 0 Å². The molecule has 100 valence electrons. The van der Waals surface area contributed by atoms with Gasteiger partial charge in [-0.15, -0.1) is 0 Å². The van der Waals surface area contributed by atoms with Crippen molar-refractivity contribution in [2.75, 3.05) is 0 Å². The van der Waals surface area contributed by atoms with Crippen LogP contribution in [0.4, 0.5) is 9.59 Å². The van der Waals surface area contributed by atoms with Gasteiger partial charge in [-0.3, -0.25) is 0 Å². The van der Waals surface area contributed by atoms with Gasteiger partial charge in [-0.05, 0) is 5.92 Å². The zero-order valence-electron chi connectivity index (χ0n) is 10.4. The van der Waals surface area contributed by atoms with E-state index in [0.717, 1.165) is 5.92 Å². The summed E-state index contributed by atoms with van der Waals surface area (Å²) < 4.78 is 3.08. The van der Waals surface area contributed by atoms with Gasteiger partial charge in [0.05, 0.1) is 0 Å². The molecular weight excluding hydrogens is 224 g/mol. The molecule has 1 aliphatic rings. The van der Waals surface area contributed by atoms with Crippen molar-refractivity contribution in [3.63, 3.8) is 0 Å². The highest BCUT2D eigenvalue weighted by molar-refractivity contribution is 5.74. The molecule has 5 heteroatoms. The molecular formula is C12H22O5. The maximum absolute atomic E-state index is 9.21. The molecule has 17 heavy (non-hydrogen) atoms. The molecule has 0 heterocycles. The van der Waals surface area contributed by atoms with Gasteiger partial charge in [-0.25, -0.2) is 9.59 Å². The van der Waals surface area contributed by atoms with Crippen molar-refractivity contribution >= 4 is 12.3 Å². The van der Waals surface area contributed by atoms with E-state index in [9.17, 15) is 9.59 Å². The summed E-state index contributed by atoms with van der Waals surface area (Å²) in [5.74, 6) is 1.11. The Bertz CT molecular complexity index is 209. The van der Waals surface area contributed by atoms with Crippen LogP contribution in [0.3, 0.4) is 0 Å². The molecule has 2 N–H and O–H groups in total. The second kappa shape index (κ2) is 9.93. The molecule has 0 atom stereocenters. The minimum Gasteiger partial charge on any atom is -0.449 e. The SMILES string of the molecule is CCCCC1CCCCC1.O=C(O)OC(=O)O. The average Bonchev–Trinajstić information content (AvgIpc) is 2.27. The fourth-order valence-electron chi connectivity index (χ4n) is 2.04. The zero-order chi connectivity index (χ0) is 13.1. The normalized spacial score (nSPS) is 15.6. The van der Waals surface area contributed by atoms with Crippen LogP contribution >= 0.6 is 0 Å². The lowest BCUT2D eigenvalue weighted by Crippen LogP contribution is -2.05. The summed E-state index contributed by atoms with van der Waals surface area (Å²) in [6.45, 7) is 2.29. The van der Waals surface area contributed by atoms with E-state index in [-0.39, 0.29) is 0 Å². The van der Waals surface area contributed by atoms with E-state index < -0.39 is 12.3 Å². The summed E-state index contributed by atoms with van der Waals surface area (Å²) in [6, 6.07) is 0. The molecule has 0 aromatic carbocycles. The van der Waals surface area contributed by atoms with Crippen molar-refractivity contribution in [1.29, 1.82) is 0 Å². The number of hydrogen-bond donors (Lipinski definition) is 2. The lowest BCUT2D eigenvalue weighted by atomic mass is 9.86. The lowest BCUT2D eigenvalue weighted by Gasteiger charge is -2.20. The monoisotopic (exact) mass is 246 g/mol. The Kier molecular flexibility index (Phi) is 9.19. The Balaban J connectivity index is 0.000000325. The maximum atomic E-state index is 9.21. The topological polar surface area (TPSA) is 83.8 Å². The Morgan fingerprint density at radius 1 is 1.12 bits per heavy atom. The van der Waals surface area contributed by atoms with E-state index in [4.69, 9.17) is 10.2 Å². The summed E-state index contributed by atoms with van der Waals surface area (Å²) in [7, 11) is 0. The number of carboxylic acid groups (broad SMARTS) is 2. The van der Waals surface area contributed by atoms with Crippen LogP contribution in [-0.4, -0.2) is 22.5 Å². The standard InChI is InChI=1S/C10H20.C2H2O5/c1-2-3-7-10-8-5-4-6-9-10;3-1(4)7-2(5)6/h10H,2-9H2,1H3;(H,3,4)(H,5,6). The van der Waals surface area contributed by atoms with Crippen LogP contribution in [-0.2, 0) is 4.74 Å². The fourth-order valence-corrected chi connectivity index (χ4v) is 2.04. The van der Waals surface area contributed by atoms with Crippen LogP contribution in [0.5, 0.6) is 0 Å². The second-order valence-corrected chi connectivity index (χ2v) is 4.28. The number of unbranched alkanes of at least 4 members (excludes halogenated alkanes) is 1. The third-order valence-electron chi connectivity index (χ3n) is 2.87. The predicted octanol–water partition coefficient (Wildman–Crippen LogP) is 4.12. The van der Waals surface area contributed by atoms with Crippen molar-refractivity contribution < 1.29 is 24.5 Å². The van der Waals surface area contributed by atoms with Gasteiger partial charge in [-0.2, -0.15) is 0 Å². The van der Waals surface area contributed by atoms with Crippen LogP contribution in [0.2, 0.25) is 0 Å². The molecule has 0 saturated heterocycles. The zero-order valence-corrected chi connectivity index (χ0v) is 10.4. The predicted molar refractivity (Wildman–Crippen MR) is 63.2 cm³/mol. The van der Waals surface area contributed by atoms with Crippen molar-refractivity contribution in [3.8, 4) is 0 Å². The molecule has 5 nitrogen and oxygen atoms in total. The summed E-state index contributed by atoms with van der Waals surface area (Å²) >= 11 is 0. The van der Waals surface area contributed by atoms with Gasteiger partial charge in [0, 0.05) is 0 Å². The van der Waals surface area contributed by atoms with E-state index in [1.165, 1.54) is 51.4 Å². The van der Waals surface area contributed by atoms with Crippen LogP contribution in [0, 0.1) is 5.92 Å². The van der Waals surface area contributed by atoms with Gasteiger partial charge in [0.15, 0.2) is 0 Å². The Hall–Kier alpha value is -1.26. The fraction of sp³-hybridized carbons (Fsp3) is 0.833. The molecule has 1 saturated carbocycles. The third kappa shape index (κ3) is 11.0. The van der Waals surface area contributed by atoms with Crippen molar-refractivity contribution in [2.45, 2.75) is 58.3 Å². The highest BCUT2D eigenvalue weighted by Gasteiger charge is 2.11. The van der Waals surface area contributed by atoms with Gasteiger partial charge >= 0.3 is 12.3 Å². The Labute approximate surface area is 102 Å². The maximum Gasteiger partial charge on any atom is 0.516 e. The summed E-state index contributed by atoms with van der Waals surface area (Å²) in [5.41, 5.74) is 0. The molecule has 0 amide bonds. The summed E-state index contributed by atoms with van der Waals surface area (Å²) in [4.78, 5) is 18.4. The van der Waals surface area contributed by atoms with Crippen LogP contribution < -0.4 is 0 Å². The van der Waals surface area contributed by atoms with Crippen molar-refractivity contribution in [2.24, 2.45) is 5.92 Å². The second-order valence-electron chi connectivity index (χ2n) is 4.28. The van der Waals surface area contributed by atoms with E-state index in [1.807, 2.05) is 0 Å². The Morgan fingerprint density at radius 3 is 2.00 bits per heavy atom. The van der Waals surface area contributed by atoms with E-state index in [1.54, 1.807) is 0 Å². The minimum absolute atomic E-state index is 1.11. The smallest absolute Gasteiger partial charge is 0.449 e.